The van der Waals surface area contributed by atoms with Gasteiger partial charge in [-0.1, -0.05) is 23.7 Å². The number of ether oxygens (including phenoxy) is 1. The molecule has 3 amide bonds. The van der Waals surface area contributed by atoms with E-state index in [4.69, 9.17) is 26.0 Å². The number of amides is 3. The van der Waals surface area contributed by atoms with Crippen LogP contribution < -0.4 is 10.1 Å². The molecule has 1 aromatic heterocycles. The summed E-state index contributed by atoms with van der Waals surface area (Å²) in [5.74, 6) is 0.971. The average molecular weight is 530 g/mol. The zero-order chi connectivity index (χ0) is 27.4. The van der Waals surface area contributed by atoms with E-state index in [1.54, 1.807) is 77.3 Å². The highest BCUT2D eigenvalue weighted by atomic mass is 35.5. The van der Waals surface area contributed by atoms with Gasteiger partial charge in [-0.05, 0) is 74.3 Å². The Morgan fingerprint density at radius 2 is 1.76 bits per heavy atom. The number of carbonyl (C=O) groups is 2. The monoisotopic (exact) mass is 529 g/mol. The van der Waals surface area contributed by atoms with Crippen molar-refractivity contribution in [1.29, 1.82) is 0 Å². The van der Waals surface area contributed by atoms with Crippen LogP contribution in [0.25, 0.3) is 0 Å². The highest BCUT2D eigenvalue weighted by Crippen LogP contribution is 2.23. The number of hydrogen-bond donors (Lipinski definition) is 2. The fourth-order valence-electron chi connectivity index (χ4n) is 2.57. The first-order chi connectivity index (χ1) is 17.4. The van der Waals surface area contributed by atoms with Crippen molar-refractivity contribution in [1.82, 2.24) is 20.3 Å². The quantitative estimate of drug-likeness (QED) is 0.256. The van der Waals surface area contributed by atoms with Gasteiger partial charge in [0, 0.05) is 31.7 Å². The van der Waals surface area contributed by atoms with Gasteiger partial charge in [0.1, 0.15) is 12.0 Å². The van der Waals surface area contributed by atoms with E-state index in [1.165, 1.54) is 16.1 Å². The number of nitrogens with one attached hydrogen (secondary N) is 1. The van der Waals surface area contributed by atoms with Crippen LogP contribution >= 0.6 is 11.6 Å². The second-order valence-electron chi connectivity index (χ2n) is 9.04. The van der Waals surface area contributed by atoms with Crippen molar-refractivity contribution in [2.45, 2.75) is 32.8 Å². The Morgan fingerprint density at radius 1 is 1.14 bits per heavy atom. The predicted molar refractivity (Wildman–Crippen MR) is 142 cm³/mol. The summed E-state index contributed by atoms with van der Waals surface area (Å²) in [5, 5.41) is 15.5. The van der Waals surface area contributed by atoms with Gasteiger partial charge in [-0.25, -0.2) is 9.79 Å². The fraction of sp³-hybridized carbons (Fsp3) is 0.308. The standard InChI is InChI=1S/C22H22ClN5O4.C4H10O/c1-27(2)22(30)25-21(28(15-29)13-11-16-3-5-17(23)6-4-16)24-18-7-9-19(10-8-18)32-20-12-14-31-26-20;1-4(2,3)5/h3-10,12,14-15H,11,13H2,1-2H3,(H,24,25,30);5H,1-3H3. The van der Waals surface area contributed by atoms with Crippen molar-refractivity contribution in [2.75, 3.05) is 20.6 Å². The minimum atomic E-state index is -0.500. The van der Waals surface area contributed by atoms with Crippen LogP contribution in [0.15, 0.2) is 70.4 Å². The van der Waals surface area contributed by atoms with E-state index < -0.39 is 11.6 Å². The normalized spacial score (nSPS) is 11.2. The summed E-state index contributed by atoms with van der Waals surface area (Å²) in [6, 6.07) is 15.3. The number of aromatic nitrogens is 1. The molecule has 11 heteroatoms. The topological polar surface area (TPSA) is 120 Å². The number of rotatable bonds is 7. The van der Waals surface area contributed by atoms with Crippen LogP contribution in [0, 0.1) is 0 Å². The second kappa shape index (κ2) is 14.0. The molecule has 0 aliphatic heterocycles. The lowest BCUT2D eigenvalue weighted by atomic mass is 10.1. The first-order valence-electron chi connectivity index (χ1n) is 11.4. The van der Waals surface area contributed by atoms with Crippen LogP contribution in [0.5, 0.6) is 11.6 Å². The van der Waals surface area contributed by atoms with Gasteiger partial charge in [0.15, 0.2) is 0 Å². The maximum atomic E-state index is 12.2. The Bertz CT molecular complexity index is 1140. The van der Waals surface area contributed by atoms with Crippen molar-refractivity contribution < 1.29 is 24.0 Å². The minimum Gasteiger partial charge on any atom is -0.436 e. The number of urea groups is 1. The molecule has 0 unspecified atom stereocenters. The third-order valence-corrected chi connectivity index (χ3v) is 4.54. The fourth-order valence-corrected chi connectivity index (χ4v) is 2.69. The van der Waals surface area contributed by atoms with E-state index in [1.807, 2.05) is 12.1 Å². The largest absolute Gasteiger partial charge is 0.436 e. The van der Waals surface area contributed by atoms with E-state index in [-0.39, 0.29) is 5.96 Å². The van der Waals surface area contributed by atoms with Crippen molar-refractivity contribution >= 4 is 35.7 Å². The molecule has 0 radical (unpaired) electrons. The minimum absolute atomic E-state index is 0.109. The van der Waals surface area contributed by atoms with E-state index >= 15 is 0 Å². The lowest BCUT2D eigenvalue weighted by Crippen LogP contribution is -2.47. The summed E-state index contributed by atoms with van der Waals surface area (Å²) in [4.78, 5) is 31.2. The molecule has 2 N–H and O–H groups in total. The molecule has 0 fully saturated rings. The van der Waals surface area contributed by atoms with Crippen molar-refractivity contribution in [3.8, 4) is 11.6 Å². The molecule has 37 heavy (non-hydrogen) atoms. The third-order valence-electron chi connectivity index (χ3n) is 4.29. The number of halogens is 1. The Kier molecular flexibility index (Phi) is 11.1. The first-order valence-corrected chi connectivity index (χ1v) is 11.8. The van der Waals surface area contributed by atoms with E-state index in [2.05, 4.69) is 15.5 Å². The van der Waals surface area contributed by atoms with Crippen LogP contribution in [0.2, 0.25) is 5.02 Å². The Balaban J connectivity index is 0.000000877. The molecular weight excluding hydrogens is 498 g/mol. The number of guanidine groups is 1. The van der Waals surface area contributed by atoms with Gasteiger partial charge >= 0.3 is 6.03 Å². The number of carbonyl (C=O) groups excluding carboxylic acids is 2. The van der Waals surface area contributed by atoms with Crippen molar-refractivity contribution in [3.63, 3.8) is 0 Å². The van der Waals surface area contributed by atoms with Gasteiger partial charge in [-0.3, -0.25) is 15.0 Å². The van der Waals surface area contributed by atoms with Crippen LogP contribution in [0.3, 0.4) is 0 Å². The molecule has 0 aliphatic carbocycles. The highest BCUT2D eigenvalue weighted by Gasteiger charge is 2.16. The van der Waals surface area contributed by atoms with E-state index in [0.29, 0.717) is 41.7 Å². The maximum absolute atomic E-state index is 12.2. The van der Waals surface area contributed by atoms with Gasteiger partial charge < -0.3 is 19.3 Å². The Hall–Kier alpha value is -3.89. The van der Waals surface area contributed by atoms with Gasteiger partial charge in [0.2, 0.25) is 12.4 Å². The SMILES string of the molecule is CC(C)(C)O.CN(C)C(=O)NC(=Nc1ccc(Oc2ccon2)cc1)N(C=O)CCc1ccc(Cl)cc1. The van der Waals surface area contributed by atoms with Crippen LogP contribution in [0.1, 0.15) is 26.3 Å². The first kappa shape index (κ1) is 29.3. The van der Waals surface area contributed by atoms with Gasteiger partial charge in [-0.15, -0.1) is 0 Å². The maximum Gasteiger partial charge on any atom is 0.323 e. The van der Waals surface area contributed by atoms with Crippen molar-refractivity contribution in [3.05, 3.63) is 71.4 Å². The van der Waals surface area contributed by atoms with Gasteiger partial charge in [0.05, 0.1) is 11.3 Å². The Morgan fingerprint density at radius 3 is 2.27 bits per heavy atom. The summed E-state index contributed by atoms with van der Waals surface area (Å²) in [7, 11) is 3.20. The number of hydrogen-bond acceptors (Lipinski definition) is 7. The lowest BCUT2D eigenvalue weighted by molar-refractivity contribution is -0.114. The second-order valence-corrected chi connectivity index (χ2v) is 9.48. The molecule has 10 nitrogen and oxygen atoms in total. The molecule has 3 aromatic rings. The van der Waals surface area contributed by atoms with Gasteiger partial charge in [0.25, 0.3) is 5.88 Å². The predicted octanol–water partition coefficient (Wildman–Crippen LogP) is 4.86. The molecule has 0 saturated heterocycles. The summed E-state index contributed by atoms with van der Waals surface area (Å²) >= 11 is 5.92. The van der Waals surface area contributed by atoms with E-state index in [0.717, 1.165) is 5.56 Å². The lowest BCUT2D eigenvalue weighted by Gasteiger charge is -2.22. The molecule has 2 aromatic carbocycles. The molecule has 3 rings (SSSR count). The molecular formula is C26H32ClN5O5. The number of benzene rings is 2. The molecule has 0 bridgehead atoms. The van der Waals surface area contributed by atoms with Crippen LogP contribution in [-0.4, -0.2) is 64.7 Å². The highest BCUT2D eigenvalue weighted by molar-refractivity contribution is 6.30. The molecule has 198 valence electrons. The van der Waals surface area contributed by atoms with Crippen LogP contribution in [0.4, 0.5) is 10.5 Å². The third kappa shape index (κ3) is 11.6. The summed E-state index contributed by atoms with van der Waals surface area (Å²) < 4.78 is 10.3. The molecule has 0 saturated carbocycles. The molecule has 0 spiro atoms. The van der Waals surface area contributed by atoms with E-state index in [9.17, 15) is 9.59 Å². The number of aliphatic imine (C=N–C) groups is 1. The molecule has 1 heterocycles. The molecule has 0 atom stereocenters. The summed E-state index contributed by atoms with van der Waals surface area (Å²) in [6.45, 7) is 5.54. The van der Waals surface area contributed by atoms with Gasteiger partial charge in [-0.2, -0.15) is 0 Å². The Labute approximate surface area is 221 Å². The summed E-state index contributed by atoms with van der Waals surface area (Å²) in [6.07, 6.45) is 2.59. The van der Waals surface area contributed by atoms with Crippen molar-refractivity contribution in [2.24, 2.45) is 4.99 Å². The number of aliphatic hydroxyl groups is 1. The summed E-state index contributed by atoms with van der Waals surface area (Å²) in [5.41, 5.74) is 1.01. The molecule has 0 aliphatic rings. The van der Waals surface area contributed by atoms with Crippen LogP contribution in [-0.2, 0) is 11.2 Å². The zero-order valence-electron chi connectivity index (χ0n) is 21.5. The average Bonchev–Trinajstić information content (AvgIpc) is 3.33. The smallest absolute Gasteiger partial charge is 0.323 e. The number of nitrogens with zero attached hydrogens (tertiary/aromatic N) is 4. The zero-order valence-corrected chi connectivity index (χ0v) is 22.3.